The summed E-state index contributed by atoms with van der Waals surface area (Å²) in [5.41, 5.74) is 13.2. The first-order chi connectivity index (χ1) is 20.1. The molecule has 0 aliphatic heterocycles. The minimum absolute atomic E-state index is 0.000747. The van der Waals surface area contributed by atoms with Crippen molar-refractivity contribution in [3.05, 3.63) is 58.9 Å². The lowest BCUT2D eigenvalue weighted by Gasteiger charge is -2.14. The van der Waals surface area contributed by atoms with E-state index in [1.807, 2.05) is 0 Å². The molecule has 2 unspecified atom stereocenters. The zero-order valence-corrected chi connectivity index (χ0v) is 23.5. The number of aromatic nitrogens is 2. The minimum Gasteiger partial charge on any atom is -0.506 e. The number of phenolic OH excluding ortho intramolecular Hbond substituents is 2. The predicted molar refractivity (Wildman–Crippen MR) is 157 cm³/mol. The molecule has 42 heavy (non-hydrogen) atoms. The lowest BCUT2D eigenvalue weighted by Crippen LogP contribution is -2.13. The van der Waals surface area contributed by atoms with Crippen LogP contribution in [0.4, 0.5) is 0 Å². The Bertz CT molecular complexity index is 1590. The molecule has 2 heterocycles. The minimum atomic E-state index is -1.15. The highest BCUT2D eigenvalue weighted by atomic mass is 16.5. The molecule has 12 nitrogen and oxygen atoms in total. The Kier molecular flexibility index (Phi) is 9.74. The number of aromatic hydroxyl groups is 2. The maximum Gasteiger partial charge on any atom is 0.354 e. The molecule has 9 N–H and O–H groups in total. The second-order valence-electron chi connectivity index (χ2n) is 10.2. The third kappa shape index (κ3) is 5.93. The van der Waals surface area contributed by atoms with E-state index in [0.29, 0.717) is 65.3 Å². The molecule has 12 heteroatoms. The average Bonchev–Trinajstić information content (AvgIpc) is 3.55. The molecule has 0 aliphatic carbocycles. The Labute approximate surface area is 242 Å². The highest BCUT2D eigenvalue weighted by molar-refractivity contribution is 5.99. The van der Waals surface area contributed by atoms with Crippen molar-refractivity contribution in [1.29, 1.82) is 0 Å². The molecule has 2 aromatic carbocycles. The van der Waals surface area contributed by atoms with E-state index >= 15 is 0 Å². The number of ether oxygens (including phenoxy) is 1. The molecule has 0 saturated heterocycles. The van der Waals surface area contributed by atoms with Crippen molar-refractivity contribution in [3.8, 4) is 11.5 Å². The van der Waals surface area contributed by atoms with E-state index in [2.05, 4.69) is 0 Å². The van der Waals surface area contributed by atoms with Crippen LogP contribution in [0.1, 0.15) is 76.9 Å². The van der Waals surface area contributed by atoms with E-state index in [1.54, 1.807) is 28.2 Å². The van der Waals surface area contributed by atoms with Gasteiger partial charge in [0.1, 0.15) is 22.9 Å². The number of aliphatic hydroxyl groups excluding tert-OH is 2. The molecule has 0 bridgehead atoms. The molecule has 226 valence electrons. The van der Waals surface area contributed by atoms with E-state index in [4.69, 9.17) is 16.2 Å². The van der Waals surface area contributed by atoms with Crippen LogP contribution in [0.5, 0.6) is 11.5 Å². The first-order valence-electron chi connectivity index (χ1n) is 14.0. The van der Waals surface area contributed by atoms with Gasteiger partial charge in [-0.2, -0.15) is 0 Å². The monoisotopic (exact) mass is 582 g/mol. The molecule has 0 radical (unpaired) electrons. The number of hydrogen-bond acceptors (Lipinski definition) is 9. The second kappa shape index (κ2) is 13.3. The molecule has 4 rings (SSSR count). The Morgan fingerprint density at radius 3 is 1.67 bits per heavy atom. The molecule has 0 aliphatic rings. The SMILES string of the molecule is CCOC(=O)c1cc2c(C(O)CN)ccc(O)c2n1CCCCCCn1c(C(=O)O)cc2c(C(O)CN)ccc(O)c21. The highest BCUT2D eigenvalue weighted by Crippen LogP contribution is 2.36. The summed E-state index contributed by atoms with van der Waals surface area (Å²) < 4.78 is 8.47. The van der Waals surface area contributed by atoms with Crippen molar-refractivity contribution in [2.75, 3.05) is 19.7 Å². The van der Waals surface area contributed by atoms with Gasteiger partial charge in [-0.25, -0.2) is 9.59 Å². The van der Waals surface area contributed by atoms with Crippen molar-refractivity contribution < 1.29 is 39.9 Å². The quantitative estimate of drug-likeness (QED) is 0.0854. The van der Waals surface area contributed by atoms with Crippen LogP contribution < -0.4 is 11.5 Å². The summed E-state index contributed by atoms with van der Waals surface area (Å²) in [4.78, 5) is 24.8. The fourth-order valence-corrected chi connectivity index (χ4v) is 5.51. The van der Waals surface area contributed by atoms with Crippen molar-refractivity contribution >= 4 is 33.7 Å². The lowest BCUT2D eigenvalue weighted by atomic mass is 10.0. The number of aromatic carboxylic acids is 1. The van der Waals surface area contributed by atoms with E-state index in [-0.39, 0.29) is 42.6 Å². The number of carbonyl (C=O) groups excluding carboxylic acids is 1. The number of nitrogens with zero attached hydrogens (tertiary/aromatic N) is 2. The Hall–Kier alpha value is -4.10. The van der Waals surface area contributed by atoms with Gasteiger partial charge in [0, 0.05) is 37.0 Å². The van der Waals surface area contributed by atoms with Crippen molar-refractivity contribution in [3.63, 3.8) is 0 Å². The number of benzene rings is 2. The van der Waals surface area contributed by atoms with E-state index < -0.39 is 24.1 Å². The molecular formula is C30H38N4O8. The van der Waals surface area contributed by atoms with Gasteiger partial charge in [0.05, 0.1) is 29.8 Å². The predicted octanol–water partition coefficient (Wildman–Crippen LogP) is 3.13. The number of aryl methyl sites for hydroxylation is 2. The lowest BCUT2D eigenvalue weighted by molar-refractivity contribution is 0.0513. The number of nitrogens with two attached hydrogens (primary N) is 2. The van der Waals surface area contributed by atoms with Crippen LogP contribution in [0.15, 0.2) is 36.4 Å². The molecule has 0 saturated carbocycles. The third-order valence-corrected chi connectivity index (χ3v) is 7.52. The number of unbranched alkanes of at least 4 members (excludes halogenated alkanes) is 3. The Morgan fingerprint density at radius 2 is 1.24 bits per heavy atom. The van der Waals surface area contributed by atoms with E-state index in [9.17, 15) is 35.1 Å². The smallest absolute Gasteiger partial charge is 0.354 e. The molecule has 0 amide bonds. The zero-order valence-electron chi connectivity index (χ0n) is 23.5. The largest absolute Gasteiger partial charge is 0.506 e. The van der Waals surface area contributed by atoms with Crippen LogP contribution in [0.2, 0.25) is 0 Å². The maximum atomic E-state index is 12.8. The first kappa shape index (κ1) is 30.8. The number of carbonyl (C=O) groups is 2. The number of esters is 1. The number of rotatable bonds is 14. The van der Waals surface area contributed by atoms with Gasteiger partial charge in [0.25, 0.3) is 0 Å². The molecular weight excluding hydrogens is 544 g/mol. The number of carboxylic acids is 1. The maximum absolute atomic E-state index is 12.8. The van der Waals surface area contributed by atoms with Crippen LogP contribution >= 0.6 is 0 Å². The number of hydrogen-bond donors (Lipinski definition) is 7. The van der Waals surface area contributed by atoms with Crippen molar-refractivity contribution in [1.82, 2.24) is 9.13 Å². The Balaban J connectivity index is 1.51. The summed E-state index contributed by atoms with van der Waals surface area (Å²) in [6, 6.07) is 9.07. The first-order valence-corrected chi connectivity index (χ1v) is 14.0. The van der Waals surface area contributed by atoms with Gasteiger partial charge in [-0.05, 0) is 55.2 Å². The Morgan fingerprint density at radius 1 is 0.786 bits per heavy atom. The van der Waals surface area contributed by atoms with E-state index in [0.717, 1.165) is 6.42 Å². The number of fused-ring (bicyclic) bond motifs is 2. The summed E-state index contributed by atoms with van der Waals surface area (Å²) in [6.07, 6.45) is 0.704. The van der Waals surface area contributed by atoms with Gasteiger partial charge in [-0.15, -0.1) is 0 Å². The fraction of sp³-hybridized carbons (Fsp3) is 0.400. The number of carboxylic acid groups (broad SMARTS) is 1. The molecule has 0 spiro atoms. The van der Waals surface area contributed by atoms with Crippen LogP contribution in [0, 0.1) is 0 Å². The second-order valence-corrected chi connectivity index (χ2v) is 10.2. The molecule has 4 aromatic rings. The normalized spacial score (nSPS) is 13.1. The van der Waals surface area contributed by atoms with Gasteiger partial charge < -0.3 is 50.9 Å². The van der Waals surface area contributed by atoms with Crippen LogP contribution in [0.3, 0.4) is 0 Å². The van der Waals surface area contributed by atoms with Crippen LogP contribution in [0.25, 0.3) is 21.8 Å². The highest BCUT2D eigenvalue weighted by Gasteiger charge is 2.23. The zero-order chi connectivity index (χ0) is 30.6. The van der Waals surface area contributed by atoms with Gasteiger partial charge >= 0.3 is 11.9 Å². The summed E-state index contributed by atoms with van der Waals surface area (Å²) in [6.45, 7) is 2.53. The van der Waals surface area contributed by atoms with Gasteiger partial charge in [0.15, 0.2) is 0 Å². The van der Waals surface area contributed by atoms with Gasteiger partial charge in [-0.1, -0.05) is 25.0 Å². The molecule has 0 fully saturated rings. The van der Waals surface area contributed by atoms with Crippen LogP contribution in [-0.4, -0.2) is 66.3 Å². The van der Waals surface area contributed by atoms with Gasteiger partial charge in [-0.3, -0.25) is 0 Å². The molecule has 2 aromatic heterocycles. The van der Waals surface area contributed by atoms with Gasteiger partial charge in [0.2, 0.25) is 0 Å². The summed E-state index contributed by atoms with van der Waals surface area (Å²) in [5.74, 6) is -1.81. The number of aliphatic hydroxyl groups is 2. The standard InChI is InChI=1S/C30H38N4O8/c1-2-42-30(41)22-14-20-18(26(38)16-32)8-10-24(36)28(20)34(22)12-6-4-3-5-11-33-21(29(39)40)13-19-17(25(37)15-31)7-9-23(35)27(19)33/h7-10,13-14,25-26,35-38H,2-6,11-12,15-16,31-32H2,1H3,(H,39,40). The topological polar surface area (TPSA) is 206 Å². The average molecular weight is 583 g/mol. The summed E-state index contributed by atoms with van der Waals surface area (Å²) in [7, 11) is 0. The van der Waals surface area contributed by atoms with E-state index in [1.165, 1.54) is 24.3 Å². The van der Waals surface area contributed by atoms with Crippen molar-refractivity contribution in [2.45, 2.75) is 57.9 Å². The fourth-order valence-electron chi connectivity index (χ4n) is 5.51. The number of phenols is 2. The third-order valence-electron chi connectivity index (χ3n) is 7.52. The van der Waals surface area contributed by atoms with Crippen molar-refractivity contribution in [2.24, 2.45) is 11.5 Å². The summed E-state index contributed by atoms with van der Waals surface area (Å²) >= 11 is 0. The molecule has 2 atom stereocenters. The summed E-state index contributed by atoms with van der Waals surface area (Å²) in [5, 5.41) is 52.7. The van der Waals surface area contributed by atoms with Crippen LogP contribution in [-0.2, 0) is 17.8 Å².